The first-order valence-corrected chi connectivity index (χ1v) is 8.83. The number of thioether (sulfide) groups is 2. The van der Waals surface area contributed by atoms with Crippen LogP contribution in [0.2, 0.25) is 0 Å². The van der Waals surface area contributed by atoms with Crippen molar-refractivity contribution in [2.75, 3.05) is 13.1 Å². The molecule has 3 aliphatic heterocycles. The fourth-order valence-electron chi connectivity index (χ4n) is 2.88. The van der Waals surface area contributed by atoms with E-state index in [2.05, 4.69) is 5.32 Å². The lowest BCUT2D eigenvalue weighted by Crippen LogP contribution is -2.61. The predicted molar refractivity (Wildman–Crippen MR) is 81.5 cm³/mol. The van der Waals surface area contributed by atoms with E-state index in [0.717, 1.165) is 19.5 Å². The monoisotopic (exact) mass is 330 g/mol. The Bertz CT molecular complexity index is 504. The molecule has 0 saturated carbocycles. The van der Waals surface area contributed by atoms with Gasteiger partial charge in [0.15, 0.2) is 5.70 Å². The summed E-state index contributed by atoms with van der Waals surface area (Å²) in [6.07, 6.45) is 0.804. The number of carbonyl (C=O) groups is 2. The van der Waals surface area contributed by atoms with Crippen LogP contribution in [0.3, 0.4) is 0 Å². The SMILES string of the molecule is CC[C@H](O)[C@@H]1C(=O)N2C(C(=O)O)=C(SC3CCNC3)S[C@H]12. The molecule has 2 fully saturated rings. The Labute approximate surface area is 131 Å². The first-order chi connectivity index (χ1) is 10.0. The molecule has 3 aliphatic rings. The number of β-lactam (4-membered cyclic amide) rings is 1. The maximum Gasteiger partial charge on any atom is 0.354 e. The average molecular weight is 330 g/mol. The first kappa shape index (κ1) is 15.2. The highest BCUT2D eigenvalue weighted by molar-refractivity contribution is 8.23. The van der Waals surface area contributed by atoms with Gasteiger partial charge in [0.25, 0.3) is 0 Å². The van der Waals surface area contributed by atoms with Crippen LogP contribution in [-0.2, 0) is 9.59 Å². The number of hydrogen-bond acceptors (Lipinski definition) is 6. The average Bonchev–Trinajstić information content (AvgIpc) is 3.05. The van der Waals surface area contributed by atoms with Crippen molar-refractivity contribution in [2.24, 2.45) is 5.92 Å². The molecule has 2 saturated heterocycles. The highest BCUT2D eigenvalue weighted by atomic mass is 32.2. The highest BCUT2D eigenvalue weighted by Gasteiger charge is 2.58. The number of fused-ring (bicyclic) bond motifs is 1. The number of nitrogens with zero attached hydrogens (tertiary/aromatic N) is 1. The van der Waals surface area contributed by atoms with E-state index >= 15 is 0 Å². The van der Waals surface area contributed by atoms with Crippen LogP contribution in [0.25, 0.3) is 0 Å². The molecule has 3 rings (SSSR count). The molecule has 4 atom stereocenters. The van der Waals surface area contributed by atoms with Crippen molar-refractivity contribution < 1.29 is 19.8 Å². The normalized spacial score (nSPS) is 33.1. The Hall–Kier alpha value is -0.700. The number of amides is 1. The molecular formula is C13H18N2O4S2. The van der Waals surface area contributed by atoms with E-state index in [1.165, 1.54) is 16.7 Å². The summed E-state index contributed by atoms with van der Waals surface area (Å²) in [7, 11) is 0. The lowest BCUT2D eigenvalue weighted by Gasteiger charge is -2.44. The molecule has 0 aromatic heterocycles. The zero-order valence-corrected chi connectivity index (χ0v) is 13.2. The van der Waals surface area contributed by atoms with Crippen LogP contribution in [0.4, 0.5) is 0 Å². The summed E-state index contributed by atoms with van der Waals surface area (Å²) in [6, 6.07) is 0. The molecule has 0 spiro atoms. The van der Waals surface area contributed by atoms with E-state index < -0.39 is 18.0 Å². The molecule has 1 unspecified atom stereocenters. The van der Waals surface area contributed by atoms with Gasteiger partial charge in [0, 0.05) is 11.8 Å². The summed E-state index contributed by atoms with van der Waals surface area (Å²) in [4.78, 5) is 25.0. The maximum atomic E-state index is 12.2. The molecule has 0 aromatic carbocycles. The van der Waals surface area contributed by atoms with Gasteiger partial charge in [-0.3, -0.25) is 9.69 Å². The molecule has 21 heavy (non-hydrogen) atoms. The minimum absolute atomic E-state index is 0.103. The minimum atomic E-state index is -1.06. The van der Waals surface area contributed by atoms with Crippen molar-refractivity contribution in [3.05, 3.63) is 9.93 Å². The molecule has 0 bridgehead atoms. The molecule has 3 N–H and O–H groups in total. The second kappa shape index (κ2) is 5.83. The molecule has 3 heterocycles. The number of hydrogen-bond donors (Lipinski definition) is 3. The lowest BCUT2D eigenvalue weighted by molar-refractivity contribution is -0.157. The molecule has 6 nitrogen and oxygen atoms in total. The summed E-state index contributed by atoms with van der Waals surface area (Å²) in [5, 5.41) is 22.7. The second-order valence-electron chi connectivity index (χ2n) is 5.39. The third-order valence-electron chi connectivity index (χ3n) is 4.07. The van der Waals surface area contributed by atoms with Crippen molar-refractivity contribution in [1.29, 1.82) is 0 Å². The molecule has 0 radical (unpaired) electrons. The smallest absolute Gasteiger partial charge is 0.354 e. The summed E-state index contributed by atoms with van der Waals surface area (Å²) in [6.45, 7) is 3.63. The zero-order valence-electron chi connectivity index (χ0n) is 11.6. The lowest BCUT2D eigenvalue weighted by atomic mass is 9.90. The number of carbonyl (C=O) groups excluding carboxylic acids is 1. The van der Waals surface area contributed by atoms with Gasteiger partial charge in [-0.2, -0.15) is 0 Å². The van der Waals surface area contributed by atoms with Gasteiger partial charge in [-0.1, -0.05) is 18.7 Å². The van der Waals surface area contributed by atoms with Gasteiger partial charge in [0.05, 0.1) is 16.3 Å². The Kier molecular flexibility index (Phi) is 4.22. The third-order valence-corrected chi connectivity index (χ3v) is 6.94. The molecule has 8 heteroatoms. The largest absolute Gasteiger partial charge is 0.477 e. The van der Waals surface area contributed by atoms with E-state index in [4.69, 9.17) is 0 Å². The van der Waals surface area contributed by atoms with Crippen molar-refractivity contribution >= 4 is 35.4 Å². The van der Waals surface area contributed by atoms with E-state index in [1.807, 2.05) is 6.92 Å². The van der Waals surface area contributed by atoms with E-state index in [1.54, 1.807) is 11.8 Å². The predicted octanol–water partition coefficient (Wildman–Crippen LogP) is 0.637. The van der Waals surface area contributed by atoms with Crippen molar-refractivity contribution in [2.45, 2.75) is 36.5 Å². The van der Waals surface area contributed by atoms with Gasteiger partial charge in [0.1, 0.15) is 5.37 Å². The van der Waals surface area contributed by atoms with Crippen LogP contribution >= 0.6 is 23.5 Å². The van der Waals surface area contributed by atoms with Crippen LogP contribution in [0.5, 0.6) is 0 Å². The van der Waals surface area contributed by atoms with Gasteiger partial charge in [-0.05, 0) is 19.4 Å². The molecule has 0 aromatic rings. The Balaban J connectivity index is 1.80. The molecule has 1 amide bonds. The van der Waals surface area contributed by atoms with Gasteiger partial charge >= 0.3 is 5.97 Å². The third kappa shape index (κ3) is 2.48. The Morgan fingerprint density at radius 3 is 2.95 bits per heavy atom. The van der Waals surface area contributed by atoms with Crippen molar-refractivity contribution in [3.63, 3.8) is 0 Å². The summed E-state index contributed by atoms with van der Waals surface area (Å²) in [5.74, 6) is -1.80. The summed E-state index contributed by atoms with van der Waals surface area (Å²) in [5.41, 5.74) is 0.103. The fourth-order valence-corrected chi connectivity index (χ4v) is 6.12. The standard InChI is InChI=1S/C13H18N2O4S2/c1-2-7(16)8-10(17)15-9(12(18)19)13(21-11(8)15)20-6-3-4-14-5-6/h6-8,11,14,16H,2-5H2,1H3,(H,18,19)/t6?,7-,8+,11+/m0/s1. The number of rotatable bonds is 5. The number of carboxylic acids is 1. The van der Waals surface area contributed by atoms with Crippen LogP contribution in [0.1, 0.15) is 19.8 Å². The summed E-state index contributed by atoms with van der Waals surface area (Å²) < 4.78 is 0.709. The van der Waals surface area contributed by atoms with Crippen LogP contribution in [0, 0.1) is 5.92 Å². The van der Waals surface area contributed by atoms with Crippen molar-refractivity contribution in [3.8, 4) is 0 Å². The first-order valence-electron chi connectivity index (χ1n) is 7.07. The number of nitrogens with one attached hydrogen (secondary N) is 1. The Morgan fingerprint density at radius 2 is 2.38 bits per heavy atom. The van der Waals surface area contributed by atoms with Gasteiger partial charge in [-0.15, -0.1) is 11.8 Å². The van der Waals surface area contributed by atoms with E-state index in [-0.39, 0.29) is 17.0 Å². The quantitative estimate of drug-likeness (QED) is 0.637. The minimum Gasteiger partial charge on any atom is -0.477 e. The van der Waals surface area contributed by atoms with E-state index in [9.17, 15) is 19.8 Å². The number of aliphatic hydroxyl groups excluding tert-OH is 1. The van der Waals surface area contributed by atoms with Crippen LogP contribution in [-0.4, -0.2) is 56.8 Å². The zero-order chi connectivity index (χ0) is 15.1. The molecule has 116 valence electrons. The van der Waals surface area contributed by atoms with E-state index in [0.29, 0.717) is 15.9 Å². The van der Waals surface area contributed by atoms with Gasteiger partial charge < -0.3 is 15.5 Å². The molecule has 0 aliphatic carbocycles. The van der Waals surface area contributed by atoms with Crippen LogP contribution in [0.15, 0.2) is 9.93 Å². The maximum absolute atomic E-state index is 12.2. The van der Waals surface area contributed by atoms with Crippen LogP contribution < -0.4 is 5.32 Å². The number of aliphatic carboxylic acids is 1. The Morgan fingerprint density at radius 1 is 1.62 bits per heavy atom. The number of aliphatic hydroxyl groups is 1. The molecular weight excluding hydrogens is 312 g/mol. The summed E-state index contributed by atoms with van der Waals surface area (Å²) >= 11 is 2.96. The topological polar surface area (TPSA) is 89.9 Å². The fraction of sp³-hybridized carbons (Fsp3) is 0.692. The number of carboxylic acid groups (broad SMARTS) is 1. The van der Waals surface area contributed by atoms with Gasteiger partial charge in [-0.25, -0.2) is 4.79 Å². The highest BCUT2D eigenvalue weighted by Crippen LogP contribution is 2.55. The van der Waals surface area contributed by atoms with Gasteiger partial charge in [0.2, 0.25) is 5.91 Å². The second-order valence-corrected chi connectivity index (χ2v) is 8.09. The van der Waals surface area contributed by atoms with Crippen molar-refractivity contribution in [1.82, 2.24) is 10.2 Å².